The fourth-order valence-electron chi connectivity index (χ4n) is 3.21. The number of hydrogen-bond acceptors (Lipinski definition) is 2. The molecule has 1 amide bonds. The lowest BCUT2D eigenvalue weighted by Crippen LogP contribution is -2.15. The lowest BCUT2D eigenvalue weighted by atomic mass is 9.97. The van der Waals surface area contributed by atoms with Crippen LogP contribution in [0.5, 0.6) is 0 Å². The molecule has 0 spiro atoms. The molecule has 2 aromatic carbocycles. The fraction of sp³-hybridized carbons (Fsp3) is 0.286. The third-order valence-electron chi connectivity index (χ3n) is 4.35. The van der Waals surface area contributed by atoms with E-state index >= 15 is 0 Å². The molecule has 0 aliphatic rings. The van der Waals surface area contributed by atoms with Crippen molar-refractivity contribution in [3.63, 3.8) is 0 Å². The molecule has 2 N–H and O–H groups in total. The van der Waals surface area contributed by atoms with Gasteiger partial charge in [0, 0.05) is 35.8 Å². The molecule has 3 rings (SSSR count). The Morgan fingerprint density at radius 2 is 1.96 bits per heavy atom. The van der Waals surface area contributed by atoms with Gasteiger partial charge >= 0.3 is 0 Å². The number of anilines is 1. The molecule has 0 fully saturated rings. The molecular formula is C21H25N3O. The van der Waals surface area contributed by atoms with Gasteiger partial charge in [0.25, 0.3) is 0 Å². The van der Waals surface area contributed by atoms with Crippen LogP contribution in [0.2, 0.25) is 0 Å². The number of nitrogens with one attached hydrogen (secondary N) is 2. The molecule has 130 valence electrons. The van der Waals surface area contributed by atoms with Gasteiger partial charge in [-0.05, 0) is 49.3 Å². The second-order valence-corrected chi connectivity index (χ2v) is 6.88. The molecule has 0 saturated carbocycles. The number of carbonyl (C=O) groups excluding carboxylic acids is 1. The van der Waals surface area contributed by atoms with Crippen LogP contribution in [0, 0.1) is 0 Å². The number of nitrogens with zero attached hydrogens (tertiary/aromatic N) is 1. The summed E-state index contributed by atoms with van der Waals surface area (Å²) in [6.07, 6.45) is 2.47. The van der Waals surface area contributed by atoms with Crippen LogP contribution in [0.15, 0.2) is 54.7 Å². The third kappa shape index (κ3) is 4.28. The van der Waals surface area contributed by atoms with E-state index in [4.69, 9.17) is 0 Å². The first kappa shape index (κ1) is 17.2. The van der Waals surface area contributed by atoms with Gasteiger partial charge in [0.05, 0.1) is 0 Å². The van der Waals surface area contributed by atoms with E-state index in [9.17, 15) is 4.79 Å². The molecule has 25 heavy (non-hydrogen) atoms. The fourth-order valence-corrected chi connectivity index (χ4v) is 3.21. The van der Waals surface area contributed by atoms with Crippen molar-refractivity contribution in [3.8, 4) is 0 Å². The number of amides is 1. The largest absolute Gasteiger partial charge is 0.361 e. The van der Waals surface area contributed by atoms with Crippen molar-refractivity contribution in [1.82, 2.24) is 9.88 Å². The highest BCUT2D eigenvalue weighted by atomic mass is 16.1. The molecule has 3 aromatic rings. The zero-order chi connectivity index (χ0) is 17.8. The Kier molecular flexibility index (Phi) is 5.19. The highest BCUT2D eigenvalue weighted by Gasteiger charge is 2.15. The monoisotopic (exact) mass is 335 g/mol. The summed E-state index contributed by atoms with van der Waals surface area (Å²) >= 11 is 0. The Morgan fingerprint density at radius 1 is 1.16 bits per heavy atom. The molecule has 1 heterocycles. The maximum atomic E-state index is 12.5. The molecular weight excluding hydrogens is 310 g/mol. The van der Waals surface area contributed by atoms with Gasteiger partial charge in [-0.2, -0.15) is 0 Å². The van der Waals surface area contributed by atoms with E-state index < -0.39 is 0 Å². The van der Waals surface area contributed by atoms with Crippen LogP contribution in [0.1, 0.15) is 30.4 Å². The summed E-state index contributed by atoms with van der Waals surface area (Å²) in [5.74, 6) is 0.195. The Labute approximate surface area is 148 Å². The Balaban J connectivity index is 1.66. The van der Waals surface area contributed by atoms with E-state index in [2.05, 4.69) is 40.3 Å². The van der Waals surface area contributed by atoms with Gasteiger partial charge < -0.3 is 15.2 Å². The van der Waals surface area contributed by atoms with Crippen molar-refractivity contribution in [2.75, 3.05) is 19.4 Å². The number of aromatic amines is 1. The lowest BCUT2D eigenvalue weighted by Gasteiger charge is -2.13. The molecule has 0 radical (unpaired) electrons. The van der Waals surface area contributed by atoms with E-state index in [0.29, 0.717) is 6.42 Å². The van der Waals surface area contributed by atoms with Crippen molar-refractivity contribution in [2.24, 2.45) is 0 Å². The van der Waals surface area contributed by atoms with Gasteiger partial charge in [-0.15, -0.1) is 0 Å². The van der Waals surface area contributed by atoms with Crippen molar-refractivity contribution in [1.29, 1.82) is 0 Å². The first-order chi connectivity index (χ1) is 12.0. The summed E-state index contributed by atoms with van der Waals surface area (Å²) in [4.78, 5) is 17.8. The Bertz CT molecular complexity index is 866. The van der Waals surface area contributed by atoms with Crippen molar-refractivity contribution in [3.05, 3.63) is 65.9 Å². The minimum Gasteiger partial charge on any atom is -0.361 e. The molecule has 1 aromatic heterocycles. The summed E-state index contributed by atoms with van der Waals surface area (Å²) in [5, 5.41) is 4.22. The summed E-state index contributed by atoms with van der Waals surface area (Å²) in [5.41, 5.74) is 4.34. The summed E-state index contributed by atoms with van der Waals surface area (Å²) in [7, 11) is 4.07. The van der Waals surface area contributed by atoms with Crippen LogP contribution in [0.4, 0.5) is 5.69 Å². The number of carbonyl (C=O) groups is 1. The minimum atomic E-state index is 0.0415. The topological polar surface area (TPSA) is 48.1 Å². The number of H-pyrrole nitrogens is 1. The van der Waals surface area contributed by atoms with Crippen LogP contribution in [0.3, 0.4) is 0 Å². The smallest absolute Gasteiger partial charge is 0.224 e. The Morgan fingerprint density at radius 3 is 2.76 bits per heavy atom. The maximum absolute atomic E-state index is 12.5. The average molecular weight is 335 g/mol. The van der Waals surface area contributed by atoms with E-state index in [1.165, 1.54) is 16.5 Å². The van der Waals surface area contributed by atoms with E-state index in [1.807, 2.05) is 50.6 Å². The van der Waals surface area contributed by atoms with Gasteiger partial charge in [-0.3, -0.25) is 4.79 Å². The normalized spacial score (nSPS) is 12.5. The van der Waals surface area contributed by atoms with Crippen LogP contribution in [-0.2, 0) is 11.3 Å². The number of aromatic nitrogens is 1. The van der Waals surface area contributed by atoms with E-state index in [-0.39, 0.29) is 11.8 Å². The van der Waals surface area contributed by atoms with Crippen molar-refractivity contribution < 1.29 is 4.79 Å². The molecule has 0 unspecified atom stereocenters. The zero-order valence-corrected chi connectivity index (χ0v) is 15.0. The summed E-state index contributed by atoms with van der Waals surface area (Å²) < 4.78 is 0. The van der Waals surface area contributed by atoms with E-state index in [1.54, 1.807) is 0 Å². The summed E-state index contributed by atoms with van der Waals surface area (Å²) in [6, 6.07) is 16.2. The second-order valence-electron chi connectivity index (χ2n) is 6.88. The first-order valence-electron chi connectivity index (χ1n) is 8.62. The minimum absolute atomic E-state index is 0.0415. The predicted octanol–water partition coefficient (Wildman–Crippen LogP) is 4.36. The van der Waals surface area contributed by atoms with Crippen molar-refractivity contribution >= 4 is 22.5 Å². The molecule has 0 aliphatic carbocycles. The van der Waals surface area contributed by atoms with Crippen LogP contribution < -0.4 is 5.32 Å². The van der Waals surface area contributed by atoms with Gasteiger partial charge in [0.2, 0.25) is 5.91 Å². The predicted molar refractivity (Wildman–Crippen MR) is 104 cm³/mol. The number of benzene rings is 2. The molecule has 0 saturated heterocycles. The van der Waals surface area contributed by atoms with Gasteiger partial charge in [0.1, 0.15) is 0 Å². The van der Waals surface area contributed by atoms with Crippen molar-refractivity contribution in [2.45, 2.75) is 25.8 Å². The summed E-state index contributed by atoms with van der Waals surface area (Å²) in [6.45, 7) is 2.95. The highest BCUT2D eigenvalue weighted by molar-refractivity contribution is 5.92. The molecule has 0 aliphatic heterocycles. The molecule has 4 heteroatoms. The molecule has 0 bridgehead atoms. The number of fused-ring (bicyclic) bond motifs is 1. The van der Waals surface area contributed by atoms with Gasteiger partial charge in [0.15, 0.2) is 0 Å². The van der Waals surface area contributed by atoms with Crippen LogP contribution >= 0.6 is 0 Å². The van der Waals surface area contributed by atoms with Gasteiger partial charge in [-0.25, -0.2) is 0 Å². The number of hydrogen-bond donors (Lipinski definition) is 2. The van der Waals surface area contributed by atoms with Gasteiger partial charge in [-0.1, -0.05) is 37.3 Å². The lowest BCUT2D eigenvalue weighted by molar-refractivity contribution is -0.116. The maximum Gasteiger partial charge on any atom is 0.224 e. The van der Waals surface area contributed by atoms with Crippen LogP contribution in [0.25, 0.3) is 10.9 Å². The standard InChI is InChI=1S/C21H25N3O/c1-15(19-13-22-20-10-5-4-9-18(19)20)11-21(25)23-17-8-6-7-16(12-17)14-24(2)3/h4-10,12-13,15,22H,11,14H2,1-3H3,(H,23,25)/t15-/m1/s1. The molecule has 4 nitrogen and oxygen atoms in total. The zero-order valence-electron chi connectivity index (χ0n) is 15.0. The molecule has 1 atom stereocenters. The number of rotatable bonds is 6. The third-order valence-corrected chi connectivity index (χ3v) is 4.35. The average Bonchev–Trinajstić information content (AvgIpc) is 2.98. The van der Waals surface area contributed by atoms with E-state index in [0.717, 1.165) is 17.7 Å². The Hall–Kier alpha value is -2.59. The first-order valence-corrected chi connectivity index (χ1v) is 8.62. The highest BCUT2D eigenvalue weighted by Crippen LogP contribution is 2.27. The SMILES string of the molecule is C[C@H](CC(=O)Nc1cccc(CN(C)C)c1)c1c[nH]c2ccccc12. The second kappa shape index (κ2) is 7.53. The van der Waals surface area contributed by atoms with Crippen LogP contribution in [-0.4, -0.2) is 29.9 Å². The quantitative estimate of drug-likeness (QED) is 0.703. The number of para-hydroxylation sites is 1.